The average molecular weight is 222 g/mol. The van der Waals surface area contributed by atoms with E-state index in [1.807, 2.05) is 20.8 Å². The van der Waals surface area contributed by atoms with Crippen LogP contribution in [0.2, 0.25) is 0 Å². The smallest absolute Gasteiger partial charge is 0.223 e. The molecule has 0 atom stereocenters. The van der Waals surface area contributed by atoms with Gasteiger partial charge in [-0.05, 0) is 33.6 Å². The zero-order valence-corrected chi connectivity index (χ0v) is 10.1. The van der Waals surface area contributed by atoms with Crippen molar-refractivity contribution in [1.82, 2.24) is 9.97 Å². The second-order valence-electron chi connectivity index (χ2n) is 3.96. The first-order valence-electron chi connectivity index (χ1n) is 5.90. The van der Waals surface area contributed by atoms with E-state index in [1.54, 1.807) is 0 Å². The minimum Gasteiger partial charge on any atom is -0.478 e. The topological polar surface area (TPSA) is 44.2 Å². The van der Waals surface area contributed by atoms with Gasteiger partial charge < -0.3 is 9.47 Å². The van der Waals surface area contributed by atoms with Crippen molar-refractivity contribution < 1.29 is 9.47 Å². The van der Waals surface area contributed by atoms with Crippen LogP contribution in [-0.4, -0.2) is 23.2 Å². The summed E-state index contributed by atoms with van der Waals surface area (Å²) in [5, 5.41) is 0. The lowest BCUT2D eigenvalue weighted by Crippen LogP contribution is -2.06. The molecule has 0 amide bonds. The lowest BCUT2D eigenvalue weighted by atomic mass is 10.3. The molecule has 1 heterocycles. The van der Waals surface area contributed by atoms with Crippen molar-refractivity contribution in [3.05, 3.63) is 11.4 Å². The van der Waals surface area contributed by atoms with E-state index in [-0.39, 0.29) is 0 Å². The van der Waals surface area contributed by atoms with Gasteiger partial charge in [0.2, 0.25) is 11.8 Å². The van der Waals surface area contributed by atoms with Crippen molar-refractivity contribution in [1.29, 1.82) is 0 Å². The fourth-order valence-corrected chi connectivity index (χ4v) is 1.57. The molecule has 1 saturated carbocycles. The van der Waals surface area contributed by atoms with Crippen LogP contribution in [0.4, 0.5) is 0 Å². The summed E-state index contributed by atoms with van der Waals surface area (Å²) in [4.78, 5) is 8.91. The highest BCUT2D eigenvalue weighted by Crippen LogP contribution is 2.40. The molecule has 1 fully saturated rings. The standard InChI is InChI=1S/C12H18N2O2/c1-4-15-11-8(3)12(16-5-2)14-10(13-11)9-6-7-9/h9H,4-7H2,1-3H3. The Hall–Kier alpha value is -1.32. The van der Waals surface area contributed by atoms with Gasteiger partial charge in [-0.1, -0.05) is 0 Å². The molecule has 1 aromatic rings. The largest absolute Gasteiger partial charge is 0.478 e. The minimum atomic E-state index is 0.513. The van der Waals surface area contributed by atoms with Crippen molar-refractivity contribution in [3.63, 3.8) is 0 Å². The molecule has 0 saturated heterocycles. The number of rotatable bonds is 5. The van der Waals surface area contributed by atoms with E-state index in [0.717, 1.165) is 11.4 Å². The molecule has 16 heavy (non-hydrogen) atoms. The lowest BCUT2D eigenvalue weighted by molar-refractivity contribution is 0.298. The number of ether oxygens (including phenoxy) is 2. The van der Waals surface area contributed by atoms with Crippen LogP contribution < -0.4 is 9.47 Å². The van der Waals surface area contributed by atoms with E-state index in [4.69, 9.17) is 9.47 Å². The molecule has 88 valence electrons. The maximum atomic E-state index is 5.51. The quantitative estimate of drug-likeness (QED) is 0.767. The van der Waals surface area contributed by atoms with Crippen LogP contribution in [0, 0.1) is 6.92 Å². The van der Waals surface area contributed by atoms with Crippen molar-refractivity contribution in [2.45, 2.75) is 39.5 Å². The molecule has 0 aromatic carbocycles. The first kappa shape index (κ1) is 11.2. The lowest BCUT2D eigenvalue weighted by Gasteiger charge is -2.12. The summed E-state index contributed by atoms with van der Waals surface area (Å²) >= 11 is 0. The third-order valence-corrected chi connectivity index (χ3v) is 2.58. The van der Waals surface area contributed by atoms with Crippen molar-refractivity contribution in [2.75, 3.05) is 13.2 Å². The zero-order valence-electron chi connectivity index (χ0n) is 10.1. The Morgan fingerprint density at radius 2 is 1.56 bits per heavy atom. The van der Waals surface area contributed by atoms with Crippen LogP contribution in [-0.2, 0) is 0 Å². The maximum absolute atomic E-state index is 5.51. The fourth-order valence-electron chi connectivity index (χ4n) is 1.57. The molecule has 0 radical (unpaired) electrons. The monoisotopic (exact) mass is 222 g/mol. The molecular weight excluding hydrogens is 204 g/mol. The van der Waals surface area contributed by atoms with Crippen LogP contribution in [0.15, 0.2) is 0 Å². The molecule has 0 aliphatic heterocycles. The summed E-state index contributed by atoms with van der Waals surface area (Å²) in [5.41, 5.74) is 0.896. The maximum Gasteiger partial charge on any atom is 0.223 e. The molecule has 0 unspecified atom stereocenters. The van der Waals surface area contributed by atoms with E-state index < -0.39 is 0 Å². The molecule has 0 spiro atoms. The van der Waals surface area contributed by atoms with Gasteiger partial charge in [0.25, 0.3) is 0 Å². The first-order chi connectivity index (χ1) is 7.76. The van der Waals surface area contributed by atoms with Crippen LogP contribution in [0.5, 0.6) is 11.8 Å². The highest BCUT2D eigenvalue weighted by Gasteiger charge is 2.28. The Bertz CT molecular complexity index is 348. The van der Waals surface area contributed by atoms with Gasteiger partial charge in [0.05, 0.1) is 18.8 Å². The summed E-state index contributed by atoms with van der Waals surface area (Å²) in [6.45, 7) is 7.09. The van der Waals surface area contributed by atoms with Crippen molar-refractivity contribution in [3.8, 4) is 11.8 Å². The van der Waals surface area contributed by atoms with Crippen molar-refractivity contribution >= 4 is 0 Å². The van der Waals surface area contributed by atoms with Crippen LogP contribution in [0.1, 0.15) is 44.0 Å². The number of aromatic nitrogens is 2. The van der Waals surface area contributed by atoms with Gasteiger partial charge in [0.1, 0.15) is 5.82 Å². The van der Waals surface area contributed by atoms with Crippen molar-refractivity contribution in [2.24, 2.45) is 0 Å². The summed E-state index contributed by atoms with van der Waals surface area (Å²) in [7, 11) is 0. The SMILES string of the molecule is CCOc1nc(C2CC2)nc(OCC)c1C. The van der Waals surface area contributed by atoms with Gasteiger partial charge in [0.15, 0.2) is 0 Å². The number of hydrogen-bond donors (Lipinski definition) is 0. The molecule has 4 nitrogen and oxygen atoms in total. The third kappa shape index (κ3) is 2.26. The molecule has 2 rings (SSSR count). The third-order valence-electron chi connectivity index (χ3n) is 2.58. The Labute approximate surface area is 96.0 Å². The van der Waals surface area contributed by atoms with Gasteiger partial charge in [-0.25, -0.2) is 0 Å². The van der Waals surface area contributed by atoms with E-state index in [9.17, 15) is 0 Å². The second-order valence-corrected chi connectivity index (χ2v) is 3.96. The Morgan fingerprint density at radius 3 is 1.94 bits per heavy atom. The Balaban J connectivity index is 2.34. The second kappa shape index (κ2) is 4.68. The molecular formula is C12H18N2O2. The molecule has 0 N–H and O–H groups in total. The van der Waals surface area contributed by atoms with Gasteiger partial charge in [-0.15, -0.1) is 0 Å². The molecule has 0 bridgehead atoms. The Morgan fingerprint density at radius 1 is 1.06 bits per heavy atom. The highest BCUT2D eigenvalue weighted by molar-refractivity contribution is 5.35. The summed E-state index contributed by atoms with van der Waals surface area (Å²) in [6.07, 6.45) is 2.36. The molecule has 4 heteroatoms. The predicted molar refractivity (Wildman–Crippen MR) is 61.1 cm³/mol. The summed E-state index contributed by atoms with van der Waals surface area (Å²) in [5.74, 6) is 2.72. The zero-order chi connectivity index (χ0) is 11.5. The van der Waals surface area contributed by atoms with Gasteiger partial charge in [0, 0.05) is 5.92 Å². The number of nitrogens with zero attached hydrogens (tertiary/aromatic N) is 2. The number of hydrogen-bond acceptors (Lipinski definition) is 4. The van der Waals surface area contributed by atoms with E-state index >= 15 is 0 Å². The minimum absolute atomic E-state index is 0.513. The van der Waals surface area contributed by atoms with E-state index in [2.05, 4.69) is 9.97 Å². The summed E-state index contributed by atoms with van der Waals surface area (Å²) in [6, 6.07) is 0. The van der Waals surface area contributed by atoms with Crippen LogP contribution in [0.3, 0.4) is 0 Å². The van der Waals surface area contributed by atoms with Crippen LogP contribution >= 0.6 is 0 Å². The van der Waals surface area contributed by atoms with E-state index in [1.165, 1.54) is 12.8 Å². The fraction of sp³-hybridized carbons (Fsp3) is 0.667. The van der Waals surface area contributed by atoms with E-state index in [0.29, 0.717) is 30.9 Å². The molecule has 1 aliphatic carbocycles. The normalized spacial score (nSPS) is 14.9. The molecule has 1 aliphatic rings. The first-order valence-corrected chi connectivity index (χ1v) is 5.90. The van der Waals surface area contributed by atoms with Gasteiger partial charge >= 0.3 is 0 Å². The Kier molecular flexibility index (Phi) is 3.27. The highest BCUT2D eigenvalue weighted by atomic mass is 16.5. The molecule has 1 aromatic heterocycles. The van der Waals surface area contributed by atoms with Gasteiger partial charge in [-0.3, -0.25) is 0 Å². The average Bonchev–Trinajstić information content (AvgIpc) is 3.08. The summed E-state index contributed by atoms with van der Waals surface area (Å²) < 4.78 is 11.0. The predicted octanol–water partition coefficient (Wildman–Crippen LogP) is 2.46. The van der Waals surface area contributed by atoms with Gasteiger partial charge in [-0.2, -0.15) is 9.97 Å². The van der Waals surface area contributed by atoms with Crippen LogP contribution in [0.25, 0.3) is 0 Å².